The van der Waals surface area contributed by atoms with Gasteiger partial charge < -0.3 is 10.1 Å². The molecule has 1 heterocycles. The molecule has 1 N–H and O–H groups in total. The van der Waals surface area contributed by atoms with Crippen molar-refractivity contribution >= 4 is 27.6 Å². The van der Waals surface area contributed by atoms with Gasteiger partial charge in [-0.05, 0) is 55.4 Å². The summed E-state index contributed by atoms with van der Waals surface area (Å²) in [6.07, 6.45) is 3.70. The monoisotopic (exact) mass is 408 g/mol. The van der Waals surface area contributed by atoms with E-state index in [1.165, 1.54) is 12.1 Å². The number of hydrogen-bond donors (Lipinski definition) is 1. The highest BCUT2D eigenvalue weighted by atomic mass is 32.2. The van der Waals surface area contributed by atoms with E-state index in [2.05, 4.69) is 19.2 Å². The van der Waals surface area contributed by atoms with Crippen LogP contribution >= 0.6 is 0 Å². The number of benzene rings is 1. The van der Waals surface area contributed by atoms with Gasteiger partial charge >= 0.3 is 5.97 Å². The molecular weight excluding hydrogens is 380 g/mol. The molecule has 1 aromatic rings. The first-order valence-electron chi connectivity index (χ1n) is 9.82. The Kier molecular flexibility index (Phi) is 6.40. The number of amides is 1. The predicted molar refractivity (Wildman–Crippen MR) is 105 cm³/mol. The van der Waals surface area contributed by atoms with Gasteiger partial charge in [-0.3, -0.25) is 9.59 Å². The molecule has 0 radical (unpaired) electrons. The van der Waals surface area contributed by atoms with Crippen molar-refractivity contribution in [3.63, 3.8) is 0 Å². The van der Waals surface area contributed by atoms with Crippen molar-refractivity contribution in [3.05, 3.63) is 24.3 Å². The molecule has 1 amide bonds. The zero-order valence-electron chi connectivity index (χ0n) is 16.4. The van der Waals surface area contributed by atoms with Crippen molar-refractivity contribution in [2.24, 2.45) is 17.8 Å². The van der Waals surface area contributed by atoms with Gasteiger partial charge in [0, 0.05) is 18.8 Å². The third-order valence-electron chi connectivity index (χ3n) is 5.40. The summed E-state index contributed by atoms with van der Waals surface area (Å²) in [4.78, 5) is 23.8. The Morgan fingerprint density at radius 3 is 2.25 bits per heavy atom. The number of nitrogens with one attached hydrogen (secondary N) is 1. The number of carbonyl (C=O) groups is 2. The van der Waals surface area contributed by atoms with Gasteiger partial charge in [0.05, 0.1) is 10.8 Å². The summed E-state index contributed by atoms with van der Waals surface area (Å²) in [6.45, 7) is 4.84. The number of rotatable bonds is 6. The molecule has 0 bridgehead atoms. The van der Waals surface area contributed by atoms with E-state index in [1.54, 1.807) is 16.4 Å². The van der Waals surface area contributed by atoms with Crippen LogP contribution in [0.15, 0.2) is 29.2 Å². The minimum atomic E-state index is -3.55. The SMILES string of the molecule is C[C@H]1C[C@H](C)CN(S(=O)(=O)c2ccc(NC(=O)COC(=O)C3CCC3)cc2)C1. The van der Waals surface area contributed by atoms with E-state index in [4.69, 9.17) is 4.74 Å². The molecule has 2 fully saturated rings. The average molecular weight is 409 g/mol. The Balaban J connectivity index is 1.56. The van der Waals surface area contributed by atoms with Gasteiger partial charge in [-0.25, -0.2) is 8.42 Å². The molecule has 0 spiro atoms. The quantitative estimate of drug-likeness (QED) is 0.731. The topological polar surface area (TPSA) is 92.8 Å². The smallest absolute Gasteiger partial charge is 0.309 e. The fourth-order valence-corrected chi connectivity index (χ4v) is 5.44. The van der Waals surface area contributed by atoms with E-state index in [9.17, 15) is 18.0 Å². The summed E-state index contributed by atoms with van der Waals surface area (Å²) < 4.78 is 32.3. The predicted octanol–water partition coefficient (Wildman–Crippen LogP) is 2.64. The number of piperidine rings is 1. The lowest BCUT2D eigenvalue weighted by atomic mass is 9.86. The average Bonchev–Trinajstić information content (AvgIpc) is 2.58. The lowest BCUT2D eigenvalue weighted by Crippen LogP contribution is -2.42. The Hall–Kier alpha value is -1.93. The van der Waals surface area contributed by atoms with Crippen molar-refractivity contribution in [1.29, 1.82) is 0 Å². The second kappa shape index (κ2) is 8.61. The van der Waals surface area contributed by atoms with Crippen molar-refractivity contribution in [3.8, 4) is 0 Å². The first-order valence-corrected chi connectivity index (χ1v) is 11.3. The molecule has 2 aliphatic rings. The van der Waals surface area contributed by atoms with Crippen LogP contribution in [0.25, 0.3) is 0 Å². The van der Waals surface area contributed by atoms with Crippen LogP contribution in [0.3, 0.4) is 0 Å². The van der Waals surface area contributed by atoms with E-state index >= 15 is 0 Å². The summed E-state index contributed by atoms with van der Waals surface area (Å²) >= 11 is 0. The van der Waals surface area contributed by atoms with Gasteiger partial charge in [-0.2, -0.15) is 4.31 Å². The third-order valence-corrected chi connectivity index (χ3v) is 7.24. The summed E-state index contributed by atoms with van der Waals surface area (Å²) in [5.74, 6) is -0.174. The maximum atomic E-state index is 12.9. The molecule has 1 aliphatic heterocycles. The minimum Gasteiger partial charge on any atom is -0.455 e. The molecule has 0 unspecified atom stereocenters. The largest absolute Gasteiger partial charge is 0.455 e. The zero-order chi connectivity index (χ0) is 20.3. The highest BCUT2D eigenvalue weighted by Gasteiger charge is 2.31. The summed E-state index contributed by atoms with van der Waals surface area (Å²) in [7, 11) is -3.55. The maximum absolute atomic E-state index is 12.9. The van der Waals surface area contributed by atoms with Crippen molar-refractivity contribution in [1.82, 2.24) is 4.31 Å². The van der Waals surface area contributed by atoms with Gasteiger partial charge in [-0.1, -0.05) is 20.3 Å². The lowest BCUT2D eigenvalue weighted by molar-refractivity contribution is -0.154. The first-order chi connectivity index (χ1) is 13.3. The molecule has 1 saturated carbocycles. The molecular formula is C20H28N2O5S. The van der Waals surface area contributed by atoms with Gasteiger partial charge in [0.25, 0.3) is 5.91 Å². The molecule has 0 aromatic heterocycles. The van der Waals surface area contributed by atoms with E-state index in [1.807, 2.05) is 0 Å². The van der Waals surface area contributed by atoms with Gasteiger partial charge in [0.2, 0.25) is 10.0 Å². The lowest BCUT2D eigenvalue weighted by Gasteiger charge is -2.34. The van der Waals surface area contributed by atoms with Crippen LogP contribution in [-0.2, 0) is 24.3 Å². The highest BCUT2D eigenvalue weighted by Crippen LogP contribution is 2.28. The fourth-order valence-electron chi connectivity index (χ4n) is 3.76. The van der Waals surface area contributed by atoms with Crippen molar-refractivity contribution in [2.45, 2.75) is 44.4 Å². The molecule has 2 atom stereocenters. The number of sulfonamides is 1. The standard InChI is InChI=1S/C20H28N2O5S/c1-14-10-15(2)12-22(11-14)28(25,26)18-8-6-17(7-9-18)21-19(23)13-27-20(24)16-4-3-5-16/h6-9,14-16H,3-5,10-13H2,1-2H3,(H,21,23)/t14-,15-/m0/s1. The van der Waals surface area contributed by atoms with Crippen LogP contribution in [0.5, 0.6) is 0 Å². The molecule has 1 aliphatic carbocycles. The van der Waals surface area contributed by atoms with Crippen molar-refractivity contribution < 1.29 is 22.7 Å². The fraction of sp³-hybridized carbons (Fsp3) is 0.600. The number of nitrogens with zero attached hydrogens (tertiary/aromatic N) is 1. The molecule has 8 heteroatoms. The second-order valence-corrected chi connectivity index (χ2v) is 10.0. The Labute approximate surface area is 166 Å². The number of hydrogen-bond acceptors (Lipinski definition) is 5. The van der Waals surface area contributed by atoms with Crippen LogP contribution in [0, 0.1) is 17.8 Å². The normalized spacial score (nSPS) is 23.6. The van der Waals surface area contributed by atoms with Crippen molar-refractivity contribution in [2.75, 3.05) is 25.0 Å². The molecule has 3 rings (SSSR count). The van der Waals surface area contributed by atoms with Crippen LogP contribution in [0.2, 0.25) is 0 Å². The Morgan fingerprint density at radius 1 is 1.11 bits per heavy atom. The molecule has 28 heavy (non-hydrogen) atoms. The van der Waals surface area contributed by atoms with Gasteiger partial charge in [0.15, 0.2) is 6.61 Å². The zero-order valence-corrected chi connectivity index (χ0v) is 17.2. The van der Waals surface area contributed by atoms with E-state index in [0.717, 1.165) is 25.7 Å². The van der Waals surface area contributed by atoms with E-state index in [-0.39, 0.29) is 23.4 Å². The number of ether oxygens (including phenoxy) is 1. The molecule has 1 saturated heterocycles. The molecule has 154 valence electrons. The maximum Gasteiger partial charge on any atom is 0.309 e. The summed E-state index contributed by atoms with van der Waals surface area (Å²) in [5.41, 5.74) is 0.462. The van der Waals surface area contributed by atoms with Crippen LogP contribution in [0.4, 0.5) is 5.69 Å². The number of anilines is 1. The summed E-state index contributed by atoms with van der Waals surface area (Å²) in [5, 5.41) is 2.62. The summed E-state index contributed by atoms with van der Waals surface area (Å²) in [6, 6.07) is 6.09. The number of esters is 1. The molecule has 7 nitrogen and oxygen atoms in total. The minimum absolute atomic E-state index is 0.0717. The third kappa shape index (κ3) is 4.91. The van der Waals surface area contributed by atoms with Crippen LogP contribution < -0.4 is 5.32 Å². The molecule has 1 aromatic carbocycles. The van der Waals surface area contributed by atoms with Crippen LogP contribution in [-0.4, -0.2) is 44.3 Å². The second-order valence-electron chi connectivity index (χ2n) is 8.08. The Bertz CT molecular complexity index is 808. The van der Waals surface area contributed by atoms with Crippen LogP contribution in [0.1, 0.15) is 39.5 Å². The van der Waals surface area contributed by atoms with E-state index in [0.29, 0.717) is 30.6 Å². The highest BCUT2D eigenvalue weighted by molar-refractivity contribution is 7.89. The van der Waals surface area contributed by atoms with E-state index < -0.39 is 15.9 Å². The first kappa shape index (κ1) is 20.8. The number of carbonyl (C=O) groups excluding carboxylic acids is 2. The van der Waals surface area contributed by atoms with Gasteiger partial charge in [-0.15, -0.1) is 0 Å². The Morgan fingerprint density at radius 2 is 1.71 bits per heavy atom. The van der Waals surface area contributed by atoms with Gasteiger partial charge in [0.1, 0.15) is 0 Å².